The number of rotatable bonds is 2. The Bertz CT molecular complexity index is 709. The highest BCUT2D eigenvalue weighted by molar-refractivity contribution is 14.1. The molecule has 0 atom stereocenters. The van der Waals surface area contributed by atoms with Crippen molar-refractivity contribution in [3.63, 3.8) is 0 Å². The first kappa shape index (κ1) is 13.2. The third kappa shape index (κ3) is 1.94. The van der Waals surface area contributed by atoms with E-state index >= 15 is 0 Å². The maximum absolute atomic E-state index is 5.42. The van der Waals surface area contributed by atoms with Gasteiger partial charge < -0.3 is 4.74 Å². The number of methoxy groups -OCH3 is 1. The highest BCUT2D eigenvalue weighted by Crippen LogP contribution is 2.41. The zero-order valence-corrected chi connectivity index (χ0v) is 14.2. The van der Waals surface area contributed by atoms with Crippen molar-refractivity contribution in [2.75, 3.05) is 7.11 Å². The third-order valence-electron chi connectivity index (χ3n) is 3.67. The van der Waals surface area contributed by atoms with E-state index in [1.165, 1.54) is 34.9 Å². The van der Waals surface area contributed by atoms with Gasteiger partial charge in [0.2, 0.25) is 0 Å². The second-order valence-corrected chi connectivity index (χ2v) is 6.74. The van der Waals surface area contributed by atoms with Crippen LogP contribution in [-0.4, -0.2) is 7.11 Å². The lowest BCUT2D eigenvalue weighted by atomic mass is 10.0. The second kappa shape index (κ2) is 4.94. The van der Waals surface area contributed by atoms with Gasteiger partial charge >= 0.3 is 0 Å². The van der Waals surface area contributed by atoms with Crippen molar-refractivity contribution in [1.82, 2.24) is 0 Å². The maximum Gasteiger partial charge on any atom is 0.133 e. The molecule has 2 aromatic carbocycles. The van der Waals surface area contributed by atoms with Crippen molar-refractivity contribution < 1.29 is 4.74 Å². The van der Waals surface area contributed by atoms with Gasteiger partial charge in [0.15, 0.2) is 0 Å². The third-order valence-corrected chi connectivity index (χ3v) is 6.47. The standard InChI is InChI=1S/C16H15IOS/c1-4-10-5-6-11-12-7-8-13(18-3)14(17)16(12)19-15(11)9(10)2/h5-8H,4H2,1-3H3. The number of hydrogen-bond donors (Lipinski definition) is 0. The molecule has 0 amide bonds. The number of ether oxygens (including phenoxy) is 1. The predicted octanol–water partition coefficient (Wildman–Crippen LogP) is 5.54. The van der Waals surface area contributed by atoms with E-state index in [0.29, 0.717) is 0 Å². The zero-order chi connectivity index (χ0) is 13.6. The minimum Gasteiger partial charge on any atom is -0.496 e. The smallest absolute Gasteiger partial charge is 0.133 e. The van der Waals surface area contributed by atoms with Gasteiger partial charge in [-0.1, -0.05) is 19.1 Å². The molecule has 0 spiro atoms. The van der Waals surface area contributed by atoms with Gasteiger partial charge in [0, 0.05) is 15.5 Å². The summed E-state index contributed by atoms with van der Waals surface area (Å²) in [6.07, 6.45) is 1.09. The van der Waals surface area contributed by atoms with Crippen molar-refractivity contribution >= 4 is 54.1 Å². The van der Waals surface area contributed by atoms with Crippen molar-refractivity contribution in [1.29, 1.82) is 0 Å². The summed E-state index contributed by atoms with van der Waals surface area (Å²) in [5.74, 6) is 0.966. The topological polar surface area (TPSA) is 9.23 Å². The maximum atomic E-state index is 5.42. The van der Waals surface area contributed by atoms with E-state index in [1.54, 1.807) is 7.11 Å². The van der Waals surface area contributed by atoms with Crippen LogP contribution >= 0.6 is 33.9 Å². The first-order valence-electron chi connectivity index (χ1n) is 6.34. The zero-order valence-electron chi connectivity index (χ0n) is 11.2. The van der Waals surface area contributed by atoms with Gasteiger partial charge in [-0.05, 0) is 59.2 Å². The van der Waals surface area contributed by atoms with E-state index in [-0.39, 0.29) is 0 Å². The summed E-state index contributed by atoms with van der Waals surface area (Å²) in [5, 5.41) is 2.71. The molecule has 19 heavy (non-hydrogen) atoms. The average molecular weight is 382 g/mol. The van der Waals surface area contributed by atoms with Crippen LogP contribution in [0.25, 0.3) is 20.2 Å². The van der Waals surface area contributed by atoms with Crippen LogP contribution in [0, 0.1) is 10.5 Å². The molecule has 1 heterocycles. The summed E-state index contributed by atoms with van der Waals surface area (Å²) in [7, 11) is 1.73. The van der Waals surface area contributed by atoms with Crippen molar-refractivity contribution in [3.8, 4) is 5.75 Å². The molecule has 0 saturated heterocycles. The Hall–Kier alpha value is -0.810. The lowest BCUT2D eigenvalue weighted by Gasteiger charge is -2.04. The van der Waals surface area contributed by atoms with Gasteiger partial charge in [-0.3, -0.25) is 0 Å². The van der Waals surface area contributed by atoms with Crippen LogP contribution in [-0.2, 0) is 6.42 Å². The summed E-state index contributed by atoms with van der Waals surface area (Å²) < 4.78 is 9.40. The molecule has 0 aliphatic rings. The van der Waals surface area contributed by atoms with Gasteiger partial charge in [0.25, 0.3) is 0 Å². The highest BCUT2D eigenvalue weighted by atomic mass is 127. The van der Waals surface area contributed by atoms with E-state index in [4.69, 9.17) is 4.74 Å². The fourth-order valence-corrected chi connectivity index (χ4v) is 4.84. The summed E-state index contributed by atoms with van der Waals surface area (Å²) in [5.41, 5.74) is 2.87. The largest absolute Gasteiger partial charge is 0.496 e. The van der Waals surface area contributed by atoms with Crippen molar-refractivity contribution in [2.24, 2.45) is 0 Å². The molecule has 3 rings (SSSR count). The monoisotopic (exact) mass is 382 g/mol. The molecule has 0 aliphatic carbocycles. The predicted molar refractivity (Wildman–Crippen MR) is 92.7 cm³/mol. The Labute approximate surface area is 130 Å². The van der Waals surface area contributed by atoms with Crippen molar-refractivity contribution in [3.05, 3.63) is 39.0 Å². The first-order valence-corrected chi connectivity index (χ1v) is 8.24. The quantitative estimate of drug-likeness (QED) is 0.529. The molecule has 0 radical (unpaired) electrons. The molecule has 3 heteroatoms. The van der Waals surface area contributed by atoms with Crippen LogP contribution in [0.15, 0.2) is 24.3 Å². The van der Waals surface area contributed by atoms with E-state index in [9.17, 15) is 0 Å². The number of hydrogen-bond acceptors (Lipinski definition) is 2. The molecule has 1 nitrogen and oxygen atoms in total. The Balaban J connectivity index is 2.44. The van der Waals surface area contributed by atoms with Gasteiger partial charge in [0.1, 0.15) is 5.75 Å². The Morgan fingerprint density at radius 2 is 1.79 bits per heavy atom. The molecule has 0 N–H and O–H groups in total. The molecule has 0 fully saturated rings. The molecule has 0 aliphatic heterocycles. The van der Waals surface area contributed by atoms with E-state index < -0.39 is 0 Å². The van der Waals surface area contributed by atoms with Gasteiger partial charge in [-0.25, -0.2) is 0 Å². The molecular formula is C16H15IOS. The van der Waals surface area contributed by atoms with Crippen LogP contribution in [0.2, 0.25) is 0 Å². The molecule has 3 aromatic rings. The van der Waals surface area contributed by atoms with E-state index in [0.717, 1.165) is 12.2 Å². The molecule has 1 aromatic heterocycles. The summed E-state index contributed by atoms with van der Waals surface area (Å²) >= 11 is 4.28. The van der Waals surface area contributed by atoms with Crippen LogP contribution in [0.5, 0.6) is 5.75 Å². The minimum absolute atomic E-state index is 0.966. The number of aryl methyl sites for hydroxylation is 2. The SMILES string of the molecule is CCc1ccc2c(sc3c(I)c(OC)ccc32)c1C. The number of benzene rings is 2. The fraction of sp³-hybridized carbons (Fsp3) is 0.250. The van der Waals surface area contributed by atoms with E-state index in [2.05, 4.69) is 60.7 Å². The Morgan fingerprint density at radius 1 is 1.11 bits per heavy atom. The summed E-state index contributed by atoms with van der Waals surface area (Å²) in [6.45, 7) is 4.45. The Morgan fingerprint density at radius 3 is 2.47 bits per heavy atom. The molecule has 0 saturated carbocycles. The molecule has 0 unspecified atom stereocenters. The first-order chi connectivity index (χ1) is 9.17. The van der Waals surface area contributed by atoms with Gasteiger partial charge in [0.05, 0.1) is 15.4 Å². The van der Waals surface area contributed by atoms with Crippen LogP contribution in [0.1, 0.15) is 18.1 Å². The number of fused-ring (bicyclic) bond motifs is 3. The van der Waals surface area contributed by atoms with Crippen LogP contribution in [0.4, 0.5) is 0 Å². The average Bonchev–Trinajstić information content (AvgIpc) is 2.80. The normalized spacial score (nSPS) is 11.4. The molecular weight excluding hydrogens is 367 g/mol. The van der Waals surface area contributed by atoms with Gasteiger partial charge in [-0.15, -0.1) is 11.3 Å². The van der Waals surface area contributed by atoms with Crippen LogP contribution in [0.3, 0.4) is 0 Å². The van der Waals surface area contributed by atoms with Gasteiger partial charge in [-0.2, -0.15) is 0 Å². The summed E-state index contributed by atoms with van der Waals surface area (Å²) in [4.78, 5) is 0. The minimum atomic E-state index is 0.966. The fourth-order valence-electron chi connectivity index (χ4n) is 2.57. The molecule has 0 bridgehead atoms. The highest BCUT2D eigenvalue weighted by Gasteiger charge is 2.13. The van der Waals surface area contributed by atoms with Crippen LogP contribution < -0.4 is 4.74 Å². The number of thiophene rings is 1. The molecule has 98 valence electrons. The lowest BCUT2D eigenvalue weighted by Crippen LogP contribution is -1.86. The van der Waals surface area contributed by atoms with E-state index in [1.807, 2.05) is 11.3 Å². The summed E-state index contributed by atoms with van der Waals surface area (Å²) in [6, 6.07) is 8.78. The van der Waals surface area contributed by atoms with Crippen molar-refractivity contribution in [2.45, 2.75) is 20.3 Å². The Kier molecular flexibility index (Phi) is 3.43. The lowest BCUT2D eigenvalue weighted by molar-refractivity contribution is 0.412. The number of halogens is 1. The second-order valence-electron chi connectivity index (χ2n) is 4.64.